The minimum Gasteiger partial charge on any atom is -0.436 e. The Balaban J connectivity index is 1.73. The Morgan fingerprint density at radius 3 is 2.68 bits per heavy atom. The molecular weight excluding hydrogens is 323 g/mol. The molecule has 0 aliphatic rings. The summed E-state index contributed by atoms with van der Waals surface area (Å²) in [5.74, 6) is -0.0337. The lowest BCUT2D eigenvalue weighted by Gasteiger charge is -2.11. The number of primary amides is 1. The zero-order chi connectivity index (χ0) is 17.6. The summed E-state index contributed by atoms with van der Waals surface area (Å²) in [4.78, 5) is 19.3. The van der Waals surface area contributed by atoms with E-state index in [-0.39, 0.29) is 5.75 Å². The predicted octanol–water partition coefficient (Wildman–Crippen LogP) is 3.12. The molecule has 0 spiro atoms. The van der Waals surface area contributed by atoms with Crippen molar-refractivity contribution in [3.63, 3.8) is 0 Å². The number of nitrogens with zero attached hydrogens (tertiary/aromatic N) is 2. The predicted molar refractivity (Wildman–Crippen MR) is 90.8 cm³/mol. The van der Waals surface area contributed by atoms with Crippen molar-refractivity contribution in [1.29, 1.82) is 0 Å². The molecule has 0 unspecified atom stereocenters. The first kappa shape index (κ1) is 16.4. The van der Waals surface area contributed by atoms with Crippen molar-refractivity contribution in [2.75, 3.05) is 5.32 Å². The van der Waals surface area contributed by atoms with Crippen molar-refractivity contribution in [1.82, 2.24) is 9.97 Å². The number of anilines is 1. The second-order valence-electron chi connectivity index (χ2n) is 5.15. The van der Waals surface area contributed by atoms with Gasteiger partial charge in [0.1, 0.15) is 5.82 Å². The maximum atomic E-state index is 13.7. The molecule has 3 aromatic rings. The Hall–Kier alpha value is -3.48. The van der Waals surface area contributed by atoms with Crippen LogP contribution in [0, 0.1) is 5.82 Å². The van der Waals surface area contributed by atoms with Gasteiger partial charge in [-0.2, -0.15) is 0 Å². The summed E-state index contributed by atoms with van der Waals surface area (Å²) in [6, 6.07) is 12.9. The van der Waals surface area contributed by atoms with Crippen LogP contribution in [0.1, 0.15) is 15.9 Å². The third kappa shape index (κ3) is 4.08. The Morgan fingerprint density at radius 2 is 1.96 bits per heavy atom. The number of benzene rings is 1. The van der Waals surface area contributed by atoms with Crippen LogP contribution in [0.25, 0.3) is 0 Å². The second kappa shape index (κ2) is 7.39. The zero-order valence-electron chi connectivity index (χ0n) is 13.1. The van der Waals surface area contributed by atoms with E-state index in [1.165, 1.54) is 18.3 Å². The number of nitrogens with one attached hydrogen (secondary N) is 1. The van der Waals surface area contributed by atoms with E-state index in [1.54, 1.807) is 36.5 Å². The standard InChI is InChI=1S/C18H15FN4O2/c19-14-5-1-2-6-15(14)25-18-13(4-3-9-21-18)11-23-16-8-7-12(10-22-16)17(20)24/h1-10H,11H2,(H2,20,24)(H,22,23). The van der Waals surface area contributed by atoms with Crippen LogP contribution in [-0.2, 0) is 6.54 Å². The summed E-state index contributed by atoms with van der Waals surface area (Å²) in [7, 11) is 0. The maximum Gasteiger partial charge on any atom is 0.250 e. The number of para-hydroxylation sites is 1. The van der Waals surface area contributed by atoms with Crippen LogP contribution >= 0.6 is 0 Å². The number of rotatable bonds is 6. The number of nitrogens with two attached hydrogens (primary N) is 1. The van der Waals surface area contributed by atoms with E-state index in [2.05, 4.69) is 15.3 Å². The molecule has 3 N–H and O–H groups in total. The van der Waals surface area contributed by atoms with Gasteiger partial charge in [0, 0.05) is 24.5 Å². The van der Waals surface area contributed by atoms with E-state index in [0.717, 1.165) is 5.56 Å². The lowest BCUT2D eigenvalue weighted by Crippen LogP contribution is -2.11. The molecule has 2 heterocycles. The molecule has 0 aliphatic heterocycles. The van der Waals surface area contributed by atoms with Crippen molar-refractivity contribution in [3.05, 3.63) is 77.9 Å². The normalized spacial score (nSPS) is 10.3. The number of hydrogen-bond donors (Lipinski definition) is 2. The Morgan fingerprint density at radius 1 is 1.12 bits per heavy atom. The number of pyridine rings is 2. The van der Waals surface area contributed by atoms with Gasteiger partial charge in [-0.25, -0.2) is 14.4 Å². The molecule has 126 valence electrons. The average molecular weight is 338 g/mol. The highest BCUT2D eigenvalue weighted by Crippen LogP contribution is 2.25. The molecule has 0 saturated carbocycles. The number of aromatic nitrogens is 2. The third-order valence-corrected chi connectivity index (χ3v) is 3.40. The molecule has 7 heteroatoms. The van der Waals surface area contributed by atoms with Gasteiger partial charge in [-0.3, -0.25) is 4.79 Å². The van der Waals surface area contributed by atoms with Gasteiger partial charge in [-0.05, 0) is 30.3 Å². The highest BCUT2D eigenvalue weighted by Gasteiger charge is 2.09. The number of hydrogen-bond acceptors (Lipinski definition) is 5. The molecule has 0 aliphatic carbocycles. The summed E-state index contributed by atoms with van der Waals surface area (Å²) >= 11 is 0. The van der Waals surface area contributed by atoms with Crippen molar-refractivity contribution in [3.8, 4) is 11.6 Å². The van der Waals surface area contributed by atoms with Gasteiger partial charge >= 0.3 is 0 Å². The number of ether oxygens (including phenoxy) is 1. The molecule has 1 amide bonds. The lowest BCUT2D eigenvalue weighted by molar-refractivity contribution is 0.1000. The number of halogens is 1. The molecule has 0 atom stereocenters. The molecule has 0 saturated heterocycles. The van der Waals surface area contributed by atoms with Gasteiger partial charge in [0.05, 0.1) is 5.56 Å². The summed E-state index contributed by atoms with van der Waals surface area (Å²) < 4.78 is 19.3. The van der Waals surface area contributed by atoms with Gasteiger partial charge in [-0.1, -0.05) is 18.2 Å². The van der Waals surface area contributed by atoms with E-state index < -0.39 is 11.7 Å². The largest absolute Gasteiger partial charge is 0.436 e. The van der Waals surface area contributed by atoms with Crippen molar-refractivity contribution >= 4 is 11.7 Å². The average Bonchev–Trinajstić information content (AvgIpc) is 2.63. The van der Waals surface area contributed by atoms with Crippen molar-refractivity contribution in [2.45, 2.75) is 6.54 Å². The van der Waals surface area contributed by atoms with E-state index in [9.17, 15) is 9.18 Å². The van der Waals surface area contributed by atoms with E-state index >= 15 is 0 Å². The fourth-order valence-corrected chi connectivity index (χ4v) is 2.11. The summed E-state index contributed by atoms with van der Waals surface area (Å²) in [6.07, 6.45) is 2.96. The van der Waals surface area contributed by atoms with Gasteiger partial charge in [0.2, 0.25) is 11.8 Å². The van der Waals surface area contributed by atoms with Crippen LogP contribution in [-0.4, -0.2) is 15.9 Å². The molecule has 3 rings (SSSR count). The molecule has 6 nitrogen and oxygen atoms in total. The summed E-state index contributed by atoms with van der Waals surface area (Å²) in [6.45, 7) is 0.362. The fraction of sp³-hybridized carbons (Fsp3) is 0.0556. The highest BCUT2D eigenvalue weighted by atomic mass is 19.1. The Bertz CT molecular complexity index is 884. The summed E-state index contributed by atoms with van der Waals surface area (Å²) in [5, 5.41) is 3.09. The lowest BCUT2D eigenvalue weighted by atomic mass is 10.2. The highest BCUT2D eigenvalue weighted by molar-refractivity contribution is 5.92. The first-order valence-corrected chi connectivity index (χ1v) is 7.49. The zero-order valence-corrected chi connectivity index (χ0v) is 13.1. The molecule has 0 bridgehead atoms. The van der Waals surface area contributed by atoms with Gasteiger partial charge in [0.15, 0.2) is 11.6 Å². The first-order chi connectivity index (χ1) is 12.1. The molecule has 25 heavy (non-hydrogen) atoms. The van der Waals surface area contributed by atoms with Crippen LogP contribution in [0.3, 0.4) is 0 Å². The van der Waals surface area contributed by atoms with Gasteiger partial charge in [0.25, 0.3) is 0 Å². The molecule has 2 aromatic heterocycles. The minimum absolute atomic E-state index is 0.103. The SMILES string of the molecule is NC(=O)c1ccc(NCc2cccnc2Oc2ccccc2F)nc1. The topological polar surface area (TPSA) is 90.1 Å². The van der Waals surface area contributed by atoms with Crippen molar-refractivity contribution in [2.24, 2.45) is 5.73 Å². The van der Waals surface area contributed by atoms with Gasteiger partial charge in [-0.15, -0.1) is 0 Å². The third-order valence-electron chi connectivity index (χ3n) is 3.40. The number of carbonyl (C=O) groups excluding carboxylic acids is 1. The minimum atomic E-state index is -0.535. The number of amides is 1. The quantitative estimate of drug-likeness (QED) is 0.721. The first-order valence-electron chi connectivity index (χ1n) is 7.49. The Kier molecular flexibility index (Phi) is 4.84. The smallest absolute Gasteiger partial charge is 0.250 e. The summed E-state index contributed by atoms with van der Waals surface area (Å²) in [5.41, 5.74) is 6.24. The molecule has 1 aromatic carbocycles. The Labute approximate surface area is 143 Å². The van der Waals surface area contributed by atoms with E-state index in [0.29, 0.717) is 23.8 Å². The van der Waals surface area contributed by atoms with E-state index in [1.807, 2.05) is 6.07 Å². The van der Waals surface area contributed by atoms with Crippen molar-refractivity contribution < 1.29 is 13.9 Å². The van der Waals surface area contributed by atoms with Gasteiger partial charge < -0.3 is 15.8 Å². The fourth-order valence-electron chi connectivity index (χ4n) is 2.11. The molecular formula is C18H15FN4O2. The van der Waals surface area contributed by atoms with E-state index in [4.69, 9.17) is 10.5 Å². The monoisotopic (exact) mass is 338 g/mol. The van der Waals surface area contributed by atoms with Crippen LogP contribution < -0.4 is 15.8 Å². The number of carbonyl (C=O) groups is 1. The second-order valence-corrected chi connectivity index (χ2v) is 5.15. The van der Waals surface area contributed by atoms with Crippen LogP contribution in [0.15, 0.2) is 60.9 Å². The maximum absolute atomic E-state index is 13.7. The molecule has 0 radical (unpaired) electrons. The molecule has 0 fully saturated rings. The van der Waals surface area contributed by atoms with Crippen LogP contribution in [0.5, 0.6) is 11.6 Å². The van der Waals surface area contributed by atoms with Crippen LogP contribution in [0.4, 0.5) is 10.2 Å². The van der Waals surface area contributed by atoms with Crippen LogP contribution in [0.2, 0.25) is 0 Å².